The summed E-state index contributed by atoms with van der Waals surface area (Å²) in [5.41, 5.74) is 2.34. The summed E-state index contributed by atoms with van der Waals surface area (Å²) in [4.78, 5) is 12.5. The first-order valence-electron chi connectivity index (χ1n) is 10.1. The Morgan fingerprint density at radius 1 is 0.912 bits per heavy atom. The van der Waals surface area contributed by atoms with E-state index in [9.17, 15) is 18.3 Å². The molecule has 4 rings (SSSR count). The Morgan fingerprint density at radius 2 is 1.56 bits per heavy atom. The number of aryl methyl sites for hydroxylation is 1. The normalized spacial score (nSPS) is 11.4. The third kappa shape index (κ3) is 3.85. The van der Waals surface area contributed by atoms with Gasteiger partial charge in [0.05, 0.1) is 36.3 Å². The second-order valence-corrected chi connectivity index (χ2v) is 9.99. The number of rotatable bonds is 6. The van der Waals surface area contributed by atoms with Crippen LogP contribution in [-0.4, -0.2) is 33.7 Å². The summed E-state index contributed by atoms with van der Waals surface area (Å²) in [5, 5.41) is 10.9. The first-order valence-corrected chi connectivity index (χ1v) is 12.4. The molecule has 4 aromatic rings. The van der Waals surface area contributed by atoms with Gasteiger partial charge in [0, 0.05) is 22.3 Å². The van der Waals surface area contributed by atoms with Gasteiger partial charge in [0.2, 0.25) is 11.2 Å². The summed E-state index contributed by atoms with van der Waals surface area (Å²) in [5.74, 6) is -1.06. The lowest BCUT2D eigenvalue weighted by molar-refractivity contribution is -0.633. The molecule has 3 aromatic carbocycles. The monoisotopic (exact) mass is 498 g/mol. The average molecular weight is 499 g/mol. The number of fused-ring (bicyclic) bond motifs is 1. The second-order valence-electron chi connectivity index (χ2n) is 7.46. The number of aromatic carboxylic acids is 1. The van der Waals surface area contributed by atoms with Crippen molar-refractivity contribution >= 4 is 36.6 Å². The fourth-order valence-electron chi connectivity index (χ4n) is 4.27. The maximum atomic E-state index is 12.7. The molecule has 0 unspecified atom stereocenters. The number of halogens is 1. The number of ether oxygens (including phenoxy) is 2. The molecule has 174 valence electrons. The molecule has 0 radical (unpaired) electrons. The van der Waals surface area contributed by atoms with E-state index in [2.05, 4.69) is 0 Å². The van der Waals surface area contributed by atoms with Gasteiger partial charge in [0.1, 0.15) is 17.7 Å². The fourth-order valence-corrected chi connectivity index (χ4v) is 5.27. The molecule has 0 aliphatic carbocycles. The van der Waals surface area contributed by atoms with Crippen molar-refractivity contribution in [2.75, 3.05) is 14.2 Å². The van der Waals surface area contributed by atoms with Gasteiger partial charge in [-0.1, -0.05) is 30.3 Å². The minimum Gasteiger partial charge on any atom is -0.496 e. The van der Waals surface area contributed by atoms with Crippen molar-refractivity contribution < 1.29 is 32.4 Å². The number of pyridine rings is 1. The Bertz CT molecular complexity index is 1530. The Labute approximate surface area is 201 Å². The average Bonchev–Trinajstić information content (AvgIpc) is 2.82. The van der Waals surface area contributed by atoms with Gasteiger partial charge < -0.3 is 14.6 Å². The van der Waals surface area contributed by atoms with Gasteiger partial charge in [0.15, 0.2) is 5.75 Å². The van der Waals surface area contributed by atoms with E-state index in [0.717, 1.165) is 5.56 Å². The van der Waals surface area contributed by atoms with Crippen LogP contribution < -0.4 is 14.0 Å². The van der Waals surface area contributed by atoms with Crippen LogP contribution in [0.1, 0.15) is 10.4 Å². The number of benzene rings is 3. The molecule has 0 aliphatic heterocycles. The zero-order chi connectivity index (χ0) is 24.6. The number of carboxylic acids is 1. The number of nitrogens with zero attached hydrogens (tertiary/aromatic N) is 1. The number of carbonyl (C=O) groups is 1. The lowest BCUT2D eigenvalue weighted by atomic mass is 9.90. The van der Waals surface area contributed by atoms with Crippen molar-refractivity contribution in [2.45, 2.75) is 4.90 Å². The highest BCUT2D eigenvalue weighted by Crippen LogP contribution is 2.48. The number of carboxylic acid groups (broad SMARTS) is 1. The van der Waals surface area contributed by atoms with Gasteiger partial charge in [-0.15, -0.1) is 0 Å². The van der Waals surface area contributed by atoms with Crippen LogP contribution in [0.25, 0.3) is 33.3 Å². The quantitative estimate of drug-likeness (QED) is 0.307. The van der Waals surface area contributed by atoms with Gasteiger partial charge in [-0.05, 0) is 30.3 Å². The van der Waals surface area contributed by atoms with E-state index in [-0.39, 0.29) is 33.1 Å². The summed E-state index contributed by atoms with van der Waals surface area (Å²) >= 11 is 0. The Morgan fingerprint density at radius 3 is 2.15 bits per heavy atom. The van der Waals surface area contributed by atoms with Crippen LogP contribution in [0.4, 0.5) is 0 Å². The van der Waals surface area contributed by atoms with Crippen molar-refractivity contribution in [3.05, 3.63) is 72.3 Å². The van der Waals surface area contributed by atoms with Crippen LogP contribution in [0.15, 0.2) is 71.6 Å². The highest BCUT2D eigenvalue weighted by atomic mass is 35.7. The zero-order valence-electron chi connectivity index (χ0n) is 18.6. The van der Waals surface area contributed by atoms with Gasteiger partial charge >= 0.3 is 5.97 Å². The maximum absolute atomic E-state index is 12.7. The molecule has 0 aliphatic rings. The predicted molar refractivity (Wildman–Crippen MR) is 129 cm³/mol. The van der Waals surface area contributed by atoms with Crippen LogP contribution in [-0.2, 0) is 16.1 Å². The lowest BCUT2D eigenvalue weighted by Crippen LogP contribution is -2.34. The van der Waals surface area contributed by atoms with Crippen LogP contribution in [0, 0.1) is 0 Å². The molecule has 1 aromatic heterocycles. The Hall–Kier alpha value is -3.62. The van der Waals surface area contributed by atoms with E-state index in [0.29, 0.717) is 16.6 Å². The van der Waals surface area contributed by atoms with Gasteiger partial charge in [-0.25, -0.2) is 13.2 Å². The summed E-state index contributed by atoms with van der Waals surface area (Å²) in [6.45, 7) is 0. The summed E-state index contributed by atoms with van der Waals surface area (Å²) in [6, 6.07) is 19.0. The van der Waals surface area contributed by atoms with Gasteiger partial charge in [-0.2, -0.15) is 4.57 Å². The summed E-state index contributed by atoms with van der Waals surface area (Å²) in [7, 11) is 6.02. The Kier molecular flexibility index (Phi) is 6.20. The maximum Gasteiger partial charge on any atom is 0.337 e. The molecule has 0 amide bonds. The third-order valence-corrected chi connectivity index (χ3v) is 6.98. The molecule has 7 nitrogen and oxygen atoms in total. The molecular weight excluding hydrogens is 478 g/mol. The molecule has 0 bridgehead atoms. The molecule has 1 N–H and O–H groups in total. The fraction of sp³-hybridized carbons (Fsp3) is 0.120. The van der Waals surface area contributed by atoms with Crippen molar-refractivity contribution in [2.24, 2.45) is 7.05 Å². The van der Waals surface area contributed by atoms with E-state index >= 15 is 0 Å². The minimum atomic E-state index is -4.23. The smallest absolute Gasteiger partial charge is 0.337 e. The van der Waals surface area contributed by atoms with E-state index < -0.39 is 15.0 Å². The van der Waals surface area contributed by atoms with Gasteiger partial charge in [-0.3, -0.25) is 0 Å². The van der Waals surface area contributed by atoms with Crippen LogP contribution in [0.2, 0.25) is 0 Å². The highest BCUT2D eigenvalue weighted by molar-refractivity contribution is 8.13. The van der Waals surface area contributed by atoms with Gasteiger partial charge in [0.25, 0.3) is 9.05 Å². The topological polar surface area (TPSA) is 93.8 Å². The molecule has 34 heavy (non-hydrogen) atoms. The van der Waals surface area contributed by atoms with E-state index in [4.69, 9.17) is 20.2 Å². The second kappa shape index (κ2) is 8.96. The van der Waals surface area contributed by atoms with Crippen LogP contribution in [0.5, 0.6) is 11.5 Å². The van der Waals surface area contributed by atoms with Crippen molar-refractivity contribution in [1.82, 2.24) is 0 Å². The minimum absolute atomic E-state index is 0.0201. The van der Waals surface area contributed by atoms with Crippen molar-refractivity contribution in [1.29, 1.82) is 0 Å². The highest BCUT2D eigenvalue weighted by Gasteiger charge is 2.35. The van der Waals surface area contributed by atoms with Crippen molar-refractivity contribution in [3.8, 4) is 33.9 Å². The Balaban J connectivity index is 2.36. The summed E-state index contributed by atoms with van der Waals surface area (Å²) < 4.78 is 37.7. The largest absolute Gasteiger partial charge is 0.496 e. The molecule has 0 saturated carbocycles. The van der Waals surface area contributed by atoms with Crippen LogP contribution in [0.3, 0.4) is 0 Å². The molecule has 0 fully saturated rings. The third-order valence-electron chi connectivity index (χ3n) is 5.64. The standard InChI is InChI=1S/C25H20ClNO6S/c1-27-17-12-8-7-11-16(17)20(25(28)29)22(23(27)15-9-5-4-6-10-15)21-18(32-2)13-14-19(24(21)33-3)34(26,30)31/h4-14H,1-3H3/p+1. The number of hydrogen-bond donors (Lipinski definition) is 1. The number of para-hydroxylation sites is 1. The molecule has 1 heterocycles. The lowest BCUT2D eigenvalue weighted by Gasteiger charge is -2.20. The zero-order valence-corrected chi connectivity index (χ0v) is 20.1. The first kappa shape index (κ1) is 23.5. The van der Waals surface area contributed by atoms with E-state index in [1.165, 1.54) is 26.4 Å². The van der Waals surface area contributed by atoms with E-state index in [1.54, 1.807) is 12.1 Å². The first-order chi connectivity index (χ1) is 16.2. The molecule has 0 saturated heterocycles. The van der Waals surface area contributed by atoms with E-state index in [1.807, 2.05) is 54.1 Å². The molecular formula is C25H21ClNO6S+. The van der Waals surface area contributed by atoms with Crippen molar-refractivity contribution in [3.63, 3.8) is 0 Å². The predicted octanol–water partition coefficient (Wildman–Crippen LogP) is 4.64. The number of aromatic nitrogens is 1. The molecule has 0 atom stereocenters. The number of methoxy groups -OCH3 is 2. The molecule has 0 spiro atoms. The summed E-state index contributed by atoms with van der Waals surface area (Å²) in [6.07, 6.45) is 0. The van der Waals surface area contributed by atoms with Crippen LogP contribution >= 0.6 is 10.7 Å². The SMILES string of the molecule is COc1ccc(S(=O)(=O)Cl)c(OC)c1-c1c(C(=O)O)c2ccccc2[n+](C)c1-c1ccccc1. The number of hydrogen-bond acceptors (Lipinski definition) is 5. The molecule has 9 heteroatoms.